The van der Waals surface area contributed by atoms with Gasteiger partial charge in [-0.05, 0) is 28.1 Å². The lowest BCUT2D eigenvalue weighted by Gasteiger charge is -2.02. The van der Waals surface area contributed by atoms with Gasteiger partial charge < -0.3 is 5.73 Å². The Bertz CT molecular complexity index is 340. The molecule has 0 aliphatic rings. The van der Waals surface area contributed by atoms with Crippen molar-refractivity contribution >= 4 is 49.4 Å². The second-order valence-electron chi connectivity index (χ2n) is 2.11. The summed E-state index contributed by atoms with van der Waals surface area (Å²) in [5.41, 5.74) is 5.39. The van der Waals surface area contributed by atoms with Gasteiger partial charge in [-0.25, -0.2) is 0 Å². The number of rotatable bonds is 1. The first-order chi connectivity index (χ1) is 5.52. The third-order valence-corrected chi connectivity index (χ3v) is 2.98. The zero-order chi connectivity index (χ0) is 9.30. The molecule has 12 heavy (non-hydrogen) atoms. The summed E-state index contributed by atoms with van der Waals surface area (Å²) in [5.74, 6) is -0.540. The summed E-state index contributed by atoms with van der Waals surface area (Å²) < 4.78 is 1.40. The van der Waals surface area contributed by atoms with Gasteiger partial charge in [0, 0.05) is 8.95 Å². The summed E-state index contributed by atoms with van der Waals surface area (Å²) in [6.45, 7) is 0. The van der Waals surface area contributed by atoms with Gasteiger partial charge in [0.15, 0.2) is 0 Å². The smallest absolute Gasteiger partial charge is 0.250 e. The topological polar surface area (TPSA) is 43.1 Å². The molecule has 0 bridgehead atoms. The molecule has 0 saturated heterocycles. The summed E-state index contributed by atoms with van der Waals surface area (Å²) >= 11 is 12.2. The van der Waals surface area contributed by atoms with Gasteiger partial charge in [0.1, 0.15) is 0 Å². The Hall–Kier alpha value is -0.0600. The van der Waals surface area contributed by atoms with Crippen LogP contribution in [-0.4, -0.2) is 5.91 Å². The number of hydrogen-bond donors (Lipinski definition) is 1. The van der Waals surface area contributed by atoms with Gasteiger partial charge >= 0.3 is 0 Å². The second kappa shape index (κ2) is 3.77. The van der Waals surface area contributed by atoms with E-state index < -0.39 is 5.91 Å². The molecular formula is C7H4Br2ClNO. The van der Waals surface area contributed by atoms with Crippen molar-refractivity contribution in [2.45, 2.75) is 0 Å². The maximum absolute atomic E-state index is 10.8. The van der Waals surface area contributed by atoms with E-state index >= 15 is 0 Å². The minimum Gasteiger partial charge on any atom is -0.366 e. The van der Waals surface area contributed by atoms with Gasteiger partial charge in [-0.15, -0.1) is 0 Å². The maximum atomic E-state index is 10.8. The number of carbonyl (C=O) groups is 1. The maximum Gasteiger partial charge on any atom is 0.250 e. The van der Waals surface area contributed by atoms with Gasteiger partial charge in [0.2, 0.25) is 5.91 Å². The Morgan fingerprint density at radius 1 is 1.42 bits per heavy atom. The van der Waals surface area contributed by atoms with Crippen LogP contribution in [0.5, 0.6) is 0 Å². The zero-order valence-electron chi connectivity index (χ0n) is 5.77. The van der Waals surface area contributed by atoms with E-state index in [0.29, 0.717) is 15.1 Å². The Labute approximate surface area is 91.3 Å². The first kappa shape index (κ1) is 10.0. The molecule has 1 rings (SSSR count). The van der Waals surface area contributed by atoms with Gasteiger partial charge in [0.05, 0.1) is 10.6 Å². The van der Waals surface area contributed by atoms with Crippen molar-refractivity contribution in [3.8, 4) is 0 Å². The SMILES string of the molecule is NC(=O)c1cc(Br)cc(Br)c1Cl. The molecule has 0 radical (unpaired) electrons. The van der Waals surface area contributed by atoms with E-state index in [4.69, 9.17) is 17.3 Å². The quantitative estimate of drug-likeness (QED) is 0.796. The van der Waals surface area contributed by atoms with E-state index in [1.54, 1.807) is 12.1 Å². The summed E-state index contributed by atoms with van der Waals surface area (Å²) in [6.07, 6.45) is 0. The van der Waals surface area contributed by atoms with Crippen LogP contribution in [0.15, 0.2) is 21.1 Å². The number of benzene rings is 1. The molecule has 0 atom stereocenters. The number of amides is 1. The average molecular weight is 313 g/mol. The predicted octanol–water partition coefficient (Wildman–Crippen LogP) is 2.96. The summed E-state index contributed by atoms with van der Waals surface area (Å²) in [6, 6.07) is 3.32. The van der Waals surface area contributed by atoms with Crippen molar-refractivity contribution in [2.24, 2.45) is 5.73 Å². The molecule has 1 aromatic carbocycles. The van der Waals surface area contributed by atoms with Crippen LogP contribution < -0.4 is 5.73 Å². The summed E-state index contributed by atoms with van der Waals surface area (Å²) in [5, 5.41) is 0.339. The molecular weight excluding hydrogens is 309 g/mol. The second-order valence-corrected chi connectivity index (χ2v) is 4.26. The fourth-order valence-electron chi connectivity index (χ4n) is 0.735. The van der Waals surface area contributed by atoms with Crippen molar-refractivity contribution in [1.29, 1.82) is 0 Å². The van der Waals surface area contributed by atoms with Crippen LogP contribution in [0.2, 0.25) is 5.02 Å². The molecule has 1 amide bonds. The highest BCUT2D eigenvalue weighted by Gasteiger charge is 2.10. The molecule has 0 aromatic heterocycles. The highest BCUT2D eigenvalue weighted by molar-refractivity contribution is 9.11. The lowest BCUT2D eigenvalue weighted by atomic mass is 10.2. The Balaban J connectivity index is 3.37. The molecule has 2 N–H and O–H groups in total. The average Bonchev–Trinajstić information content (AvgIpc) is 1.96. The van der Waals surface area contributed by atoms with Crippen molar-refractivity contribution in [3.63, 3.8) is 0 Å². The van der Waals surface area contributed by atoms with E-state index in [-0.39, 0.29) is 0 Å². The number of carbonyl (C=O) groups excluding carboxylic acids is 1. The molecule has 0 aliphatic heterocycles. The fourth-order valence-corrected chi connectivity index (χ4v) is 2.16. The van der Waals surface area contributed by atoms with E-state index in [9.17, 15) is 4.79 Å². The monoisotopic (exact) mass is 311 g/mol. The molecule has 0 heterocycles. The van der Waals surface area contributed by atoms with Gasteiger partial charge in [-0.1, -0.05) is 27.5 Å². The minimum atomic E-state index is -0.540. The summed E-state index contributed by atoms with van der Waals surface area (Å²) in [7, 11) is 0. The van der Waals surface area contributed by atoms with Crippen LogP contribution in [0.25, 0.3) is 0 Å². The number of primary amides is 1. The van der Waals surface area contributed by atoms with Crippen LogP contribution in [0, 0.1) is 0 Å². The molecule has 0 fully saturated rings. The van der Waals surface area contributed by atoms with E-state index in [0.717, 1.165) is 4.47 Å². The van der Waals surface area contributed by atoms with Crippen LogP contribution in [-0.2, 0) is 0 Å². The van der Waals surface area contributed by atoms with E-state index in [2.05, 4.69) is 31.9 Å². The largest absolute Gasteiger partial charge is 0.366 e. The third-order valence-electron chi connectivity index (χ3n) is 1.26. The molecule has 0 saturated carbocycles. The number of halogens is 3. The number of nitrogens with two attached hydrogens (primary N) is 1. The van der Waals surface area contributed by atoms with Crippen LogP contribution in [0.3, 0.4) is 0 Å². The predicted molar refractivity (Wildman–Crippen MR) is 55.4 cm³/mol. The molecule has 2 nitrogen and oxygen atoms in total. The van der Waals surface area contributed by atoms with Crippen LogP contribution in [0.4, 0.5) is 0 Å². The molecule has 0 aliphatic carbocycles. The first-order valence-electron chi connectivity index (χ1n) is 2.96. The summed E-state index contributed by atoms with van der Waals surface area (Å²) in [4.78, 5) is 10.8. The lowest BCUT2D eigenvalue weighted by Crippen LogP contribution is -2.11. The van der Waals surface area contributed by atoms with Crippen molar-refractivity contribution in [3.05, 3.63) is 31.7 Å². The molecule has 64 valence electrons. The van der Waals surface area contributed by atoms with Gasteiger partial charge in [-0.3, -0.25) is 4.79 Å². The van der Waals surface area contributed by atoms with Crippen molar-refractivity contribution in [2.75, 3.05) is 0 Å². The molecule has 0 unspecified atom stereocenters. The highest BCUT2D eigenvalue weighted by atomic mass is 79.9. The Morgan fingerprint density at radius 2 is 2.00 bits per heavy atom. The molecule has 1 aromatic rings. The van der Waals surface area contributed by atoms with Gasteiger partial charge in [0.25, 0.3) is 0 Å². The van der Waals surface area contributed by atoms with Gasteiger partial charge in [-0.2, -0.15) is 0 Å². The van der Waals surface area contributed by atoms with Crippen LogP contribution in [0.1, 0.15) is 10.4 Å². The molecule has 0 spiro atoms. The fraction of sp³-hybridized carbons (Fsp3) is 0. The zero-order valence-corrected chi connectivity index (χ0v) is 9.70. The van der Waals surface area contributed by atoms with E-state index in [1.165, 1.54) is 0 Å². The Kier molecular flexibility index (Phi) is 3.15. The van der Waals surface area contributed by atoms with Crippen molar-refractivity contribution < 1.29 is 4.79 Å². The highest BCUT2D eigenvalue weighted by Crippen LogP contribution is 2.29. The minimum absolute atomic E-state index is 0.304. The van der Waals surface area contributed by atoms with Crippen LogP contribution >= 0.6 is 43.5 Å². The van der Waals surface area contributed by atoms with Crippen molar-refractivity contribution in [1.82, 2.24) is 0 Å². The molecule has 5 heteroatoms. The normalized spacial score (nSPS) is 9.92. The Morgan fingerprint density at radius 3 is 2.50 bits per heavy atom. The lowest BCUT2D eigenvalue weighted by molar-refractivity contribution is 0.100. The third kappa shape index (κ3) is 2.00. The standard InChI is InChI=1S/C7H4Br2ClNO/c8-3-1-4(7(11)12)6(10)5(9)2-3/h1-2H,(H2,11,12). The first-order valence-corrected chi connectivity index (χ1v) is 4.93. The van der Waals surface area contributed by atoms with E-state index in [1.807, 2.05) is 0 Å². The number of hydrogen-bond acceptors (Lipinski definition) is 1.